The monoisotopic (exact) mass is 268 g/mol. The highest BCUT2D eigenvalue weighted by Crippen LogP contribution is 2.26. The van der Waals surface area contributed by atoms with Crippen molar-refractivity contribution < 1.29 is 22.6 Å². The lowest BCUT2D eigenvalue weighted by atomic mass is 10.1. The molecule has 0 bridgehead atoms. The predicted octanol–water partition coefficient (Wildman–Crippen LogP) is 3.72. The summed E-state index contributed by atoms with van der Waals surface area (Å²) in [6.45, 7) is -6.22. The Morgan fingerprint density at radius 3 is 2.95 bits per heavy atom. The number of aryl methyl sites for hydroxylation is 1. The van der Waals surface area contributed by atoms with Crippen molar-refractivity contribution in [2.24, 2.45) is 0 Å². The molecule has 0 aliphatic heterocycles. The molecular formula is C17H21NO. The maximum atomic E-state index is 8.42. The summed E-state index contributed by atoms with van der Waals surface area (Å²) in [5.41, 5.74) is -0.842. The van der Waals surface area contributed by atoms with Crippen LogP contribution in [0.1, 0.15) is 41.4 Å². The molecule has 0 saturated carbocycles. The van der Waals surface area contributed by atoms with Gasteiger partial charge in [-0.25, -0.2) is 0 Å². The van der Waals surface area contributed by atoms with Gasteiger partial charge in [0.1, 0.15) is 11.9 Å². The Hall–Kier alpha value is -1.80. The number of ether oxygens (including phenoxy) is 1. The summed E-state index contributed by atoms with van der Waals surface area (Å²) in [6.07, 6.45) is -4.57. The Kier molecular flexibility index (Phi) is 1.70. The summed E-state index contributed by atoms with van der Waals surface area (Å²) >= 11 is 0. The maximum absolute atomic E-state index is 8.42. The van der Waals surface area contributed by atoms with Gasteiger partial charge in [0.2, 0.25) is 0 Å². The molecular weight excluding hydrogens is 234 g/mol. The van der Waals surface area contributed by atoms with Gasteiger partial charge in [-0.15, -0.1) is 0 Å². The molecule has 2 heteroatoms. The molecule has 19 heavy (non-hydrogen) atoms. The molecule has 0 aromatic heterocycles. The topological polar surface area (TPSA) is 21.3 Å². The van der Waals surface area contributed by atoms with Crippen molar-refractivity contribution in [1.82, 2.24) is 5.32 Å². The number of nitrogens with one attached hydrogen (secondary N) is 1. The van der Waals surface area contributed by atoms with E-state index in [0.29, 0.717) is 0 Å². The van der Waals surface area contributed by atoms with Crippen LogP contribution in [-0.2, 0) is 0 Å². The van der Waals surface area contributed by atoms with Crippen LogP contribution in [0, 0.1) is 6.85 Å². The number of rotatable bonds is 6. The van der Waals surface area contributed by atoms with Gasteiger partial charge >= 0.3 is 0 Å². The average Bonchev–Trinajstić information content (AvgIpc) is 2.68. The lowest BCUT2D eigenvalue weighted by molar-refractivity contribution is 0.193. The van der Waals surface area contributed by atoms with Crippen molar-refractivity contribution in [1.29, 1.82) is 0 Å². The lowest BCUT2D eigenvalue weighted by Gasteiger charge is -2.20. The Bertz CT molecular complexity index is 955. The van der Waals surface area contributed by atoms with Crippen LogP contribution < -0.4 is 10.1 Å². The fourth-order valence-corrected chi connectivity index (χ4v) is 1.43. The van der Waals surface area contributed by atoms with Gasteiger partial charge in [-0.2, -0.15) is 0 Å². The molecule has 0 radical (unpaired) electrons. The van der Waals surface area contributed by atoms with Crippen LogP contribution in [0.4, 0.5) is 0 Å². The van der Waals surface area contributed by atoms with Crippen LogP contribution in [-0.4, -0.2) is 13.5 Å². The summed E-state index contributed by atoms with van der Waals surface area (Å²) in [4.78, 5) is 0. The van der Waals surface area contributed by atoms with E-state index in [1.54, 1.807) is 0 Å². The minimum Gasteiger partial charge on any atom is -0.485 e. The van der Waals surface area contributed by atoms with E-state index in [2.05, 4.69) is 0 Å². The minimum atomic E-state index is -2.73. The first-order valence-electron chi connectivity index (χ1n) is 12.1. The highest BCUT2D eigenvalue weighted by molar-refractivity contribution is 5.33. The van der Waals surface area contributed by atoms with E-state index in [9.17, 15) is 0 Å². The summed E-state index contributed by atoms with van der Waals surface area (Å²) in [6, 6.07) is 1.67. The maximum Gasteiger partial charge on any atom is 0.125 e. The second-order valence-electron chi connectivity index (χ2n) is 3.59. The van der Waals surface area contributed by atoms with Gasteiger partial charge < -0.3 is 10.1 Å². The van der Waals surface area contributed by atoms with Crippen LogP contribution in [0.2, 0.25) is 0 Å². The van der Waals surface area contributed by atoms with E-state index in [1.165, 1.54) is 24.3 Å². The first-order valence-corrected chi connectivity index (χ1v) is 5.55. The third-order valence-corrected chi connectivity index (χ3v) is 2.29. The molecule has 0 saturated heterocycles. The zero-order chi connectivity index (χ0) is 24.6. The van der Waals surface area contributed by atoms with E-state index in [4.69, 9.17) is 22.6 Å². The van der Waals surface area contributed by atoms with Crippen molar-refractivity contribution in [3.05, 3.63) is 65.6 Å². The lowest BCUT2D eigenvalue weighted by Crippen LogP contribution is -2.16. The van der Waals surface area contributed by atoms with Crippen molar-refractivity contribution in [2.75, 3.05) is 13.5 Å². The van der Waals surface area contributed by atoms with E-state index in [-0.39, 0.29) is 11.3 Å². The first-order chi connectivity index (χ1) is 14.5. The Labute approximate surface area is 133 Å². The summed E-state index contributed by atoms with van der Waals surface area (Å²) in [5.74, 6) is -0.290. The van der Waals surface area contributed by atoms with Crippen molar-refractivity contribution in [2.45, 2.75) is 19.3 Å². The molecule has 0 amide bonds. The smallest absolute Gasteiger partial charge is 0.125 e. The fraction of sp³-hybridized carbons (Fsp3) is 0.294. The molecule has 2 aromatic carbocycles. The standard InChI is InChI=1S/C17H21NO/c1-14-8-6-7-11-16(14)19-17(12-13-18-2)15-9-4-3-5-10-15/h3-11,17-18H,12-13H2,1-2H3/i1D3,2D3,3D,4D,5D,9D,10D,12D2. The Balaban J connectivity index is 2.72. The highest BCUT2D eigenvalue weighted by Gasteiger charge is 2.13. The van der Waals surface area contributed by atoms with Crippen LogP contribution in [0.25, 0.3) is 0 Å². The minimum absolute atomic E-state index is 0.281. The molecule has 1 unspecified atom stereocenters. The van der Waals surface area contributed by atoms with Crippen LogP contribution in [0.5, 0.6) is 5.75 Å². The number of benzene rings is 2. The van der Waals surface area contributed by atoms with E-state index in [1.807, 2.05) is 5.32 Å². The van der Waals surface area contributed by atoms with Gasteiger partial charge in [0.25, 0.3) is 0 Å². The molecule has 0 fully saturated rings. The Morgan fingerprint density at radius 1 is 1.32 bits per heavy atom. The zero-order valence-corrected chi connectivity index (χ0v) is 10.0. The van der Waals surface area contributed by atoms with Gasteiger partial charge in [0.05, 0.1) is 6.85 Å². The van der Waals surface area contributed by atoms with Crippen molar-refractivity contribution in [3.8, 4) is 5.75 Å². The van der Waals surface area contributed by atoms with Gasteiger partial charge in [0.15, 0.2) is 0 Å². The van der Waals surface area contributed by atoms with Gasteiger partial charge in [-0.3, -0.25) is 0 Å². The molecule has 1 N–H and O–H groups in total. The van der Waals surface area contributed by atoms with Crippen LogP contribution >= 0.6 is 0 Å². The third kappa shape index (κ3) is 3.83. The van der Waals surface area contributed by atoms with E-state index in [0.717, 1.165) is 0 Å². The quantitative estimate of drug-likeness (QED) is 0.862. The van der Waals surface area contributed by atoms with Crippen LogP contribution in [0.15, 0.2) is 54.5 Å². The van der Waals surface area contributed by atoms with Crippen LogP contribution in [0.3, 0.4) is 0 Å². The molecule has 0 aliphatic rings. The molecule has 0 aliphatic carbocycles. The normalized spacial score (nSPS) is 24.1. The second-order valence-corrected chi connectivity index (χ2v) is 3.59. The summed E-state index contributed by atoms with van der Waals surface area (Å²) in [5, 5.41) is 2.00. The largest absolute Gasteiger partial charge is 0.485 e. The SMILES string of the molecule is [2H]c1c([2H])c([2H])c(C(Oc2ccccc2C([2H])([2H])[2H])C([2H])([2H])CNC([2H])([2H])[2H])c([2H])c1[2H]. The van der Waals surface area contributed by atoms with Gasteiger partial charge in [0, 0.05) is 17.3 Å². The van der Waals surface area contributed by atoms with E-state index < -0.39 is 68.6 Å². The number of para-hydroxylation sites is 1. The van der Waals surface area contributed by atoms with E-state index >= 15 is 0 Å². The average molecular weight is 268 g/mol. The zero-order valence-electron chi connectivity index (χ0n) is 23.0. The molecule has 100 valence electrons. The predicted molar refractivity (Wildman–Crippen MR) is 79.5 cm³/mol. The first kappa shape index (κ1) is 4.64. The summed E-state index contributed by atoms with van der Waals surface area (Å²) < 4.78 is 107. The summed E-state index contributed by atoms with van der Waals surface area (Å²) in [7, 11) is 0. The highest BCUT2D eigenvalue weighted by atomic mass is 16.5. The number of hydrogen-bond acceptors (Lipinski definition) is 2. The molecule has 0 heterocycles. The van der Waals surface area contributed by atoms with Crippen molar-refractivity contribution in [3.63, 3.8) is 0 Å². The molecule has 1 atom stereocenters. The Morgan fingerprint density at radius 2 is 2.16 bits per heavy atom. The van der Waals surface area contributed by atoms with Crippen molar-refractivity contribution >= 4 is 0 Å². The fourth-order valence-electron chi connectivity index (χ4n) is 1.43. The number of hydrogen-bond donors (Lipinski definition) is 1. The molecule has 2 rings (SSSR count). The third-order valence-electron chi connectivity index (χ3n) is 2.29. The molecule has 2 nitrogen and oxygen atoms in total. The molecule has 2 aromatic rings. The van der Waals surface area contributed by atoms with Gasteiger partial charge in [-0.1, -0.05) is 48.4 Å². The van der Waals surface area contributed by atoms with Gasteiger partial charge in [-0.05, 0) is 37.6 Å². The second kappa shape index (κ2) is 6.95. The molecule has 0 spiro atoms.